The van der Waals surface area contributed by atoms with Gasteiger partial charge in [0, 0.05) is 59.6 Å². The quantitative estimate of drug-likeness (QED) is 0.179. The number of anilines is 3. The number of thiophene rings is 1. The molecule has 0 radical (unpaired) electrons. The van der Waals surface area contributed by atoms with Gasteiger partial charge in [-0.25, -0.2) is 4.98 Å². The van der Waals surface area contributed by atoms with E-state index in [0.29, 0.717) is 0 Å². The Bertz CT molecular complexity index is 3130. The molecule has 3 heterocycles. The van der Waals surface area contributed by atoms with Crippen molar-refractivity contribution in [3.63, 3.8) is 0 Å². The lowest BCUT2D eigenvalue weighted by Gasteiger charge is -2.26. The number of aromatic nitrogens is 1. The molecule has 0 atom stereocenters. The fourth-order valence-corrected chi connectivity index (χ4v) is 9.77. The van der Waals surface area contributed by atoms with E-state index in [1.54, 1.807) is 11.3 Å². The van der Waals surface area contributed by atoms with Crippen molar-refractivity contribution in [2.75, 3.05) is 4.90 Å². The largest absolute Gasteiger partial charge is 0.456 e. The molecule has 52 heavy (non-hydrogen) atoms. The number of benzene rings is 8. The van der Waals surface area contributed by atoms with Crippen molar-refractivity contribution in [1.29, 1.82) is 0 Å². The Hall–Kier alpha value is -6.27. The van der Waals surface area contributed by atoms with Crippen LogP contribution in [0.25, 0.3) is 84.8 Å². The number of para-hydroxylation sites is 1. The molecular formula is C47H28N2OS2. The minimum Gasteiger partial charge on any atom is -0.456 e. The zero-order valence-electron chi connectivity index (χ0n) is 27.8. The Morgan fingerprint density at radius 1 is 0.442 bits per heavy atom. The van der Waals surface area contributed by atoms with Crippen LogP contribution in [-0.4, -0.2) is 4.98 Å². The van der Waals surface area contributed by atoms with E-state index in [-0.39, 0.29) is 0 Å². The lowest BCUT2D eigenvalue weighted by Crippen LogP contribution is -2.09. The molecule has 0 aliphatic heterocycles. The zero-order valence-corrected chi connectivity index (χ0v) is 29.4. The van der Waals surface area contributed by atoms with Crippen LogP contribution in [0.3, 0.4) is 0 Å². The second-order valence-corrected chi connectivity index (χ2v) is 15.3. The Morgan fingerprint density at radius 3 is 2.02 bits per heavy atom. The van der Waals surface area contributed by atoms with E-state index < -0.39 is 0 Å². The maximum absolute atomic E-state index is 6.39. The van der Waals surface area contributed by atoms with Gasteiger partial charge >= 0.3 is 0 Å². The van der Waals surface area contributed by atoms with Crippen LogP contribution in [0.1, 0.15) is 0 Å². The van der Waals surface area contributed by atoms with E-state index in [4.69, 9.17) is 9.40 Å². The molecule has 0 N–H and O–H groups in total. The Kier molecular flexibility index (Phi) is 6.59. The van der Waals surface area contributed by atoms with Crippen molar-refractivity contribution in [3.05, 3.63) is 170 Å². The first-order chi connectivity index (χ1) is 25.7. The van der Waals surface area contributed by atoms with Crippen LogP contribution in [0.4, 0.5) is 17.1 Å². The molecular weight excluding hydrogens is 673 g/mol. The lowest BCUT2D eigenvalue weighted by atomic mass is 9.98. The Balaban J connectivity index is 1.07. The van der Waals surface area contributed by atoms with Crippen LogP contribution in [0, 0.1) is 0 Å². The summed E-state index contributed by atoms with van der Waals surface area (Å²) in [7, 11) is 0. The first-order valence-electron chi connectivity index (χ1n) is 17.4. The number of thiazole rings is 1. The van der Waals surface area contributed by atoms with Gasteiger partial charge in [0.2, 0.25) is 0 Å². The third-order valence-corrected chi connectivity index (χ3v) is 12.3. The highest BCUT2D eigenvalue weighted by Crippen LogP contribution is 2.45. The number of hydrogen-bond acceptors (Lipinski definition) is 5. The van der Waals surface area contributed by atoms with Gasteiger partial charge in [-0.15, -0.1) is 22.7 Å². The summed E-state index contributed by atoms with van der Waals surface area (Å²) in [6.07, 6.45) is 0. The van der Waals surface area contributed by atoms with Gasteiger partial charge in [-0.3, -0.25) is 0 Å². The number of nitrogens with zero attached hydrogens (tertiary/aromatic N) is 2. The third-order valence-electron chi connectivity index (χ3n) is 10.1. The maximum Gasteiger partial charge on any atom is 0.137 e. The van der Waals surface area contributed by atoms with Crippen LogP contribution >= 0.6 is 22.7 Å². The summed E-state index contributed by atoms with van der Waals surface area (Å²) in [6.45, 7) is 0. The van der Waals surface area contributed by atoms with Gasteiger partial charge in [0.15, 0.2) is 0 Å². The number of rotatable bonds is 5. The van der Waals surface area contributed by atoms with E-state index in [1.807, 2.05) is 23.5 Å². The highest BCUT2D eigenvalue weighted by Gasteiger charge is 2.19. The van der Waals surface area contributed by atoms with Gasteiger partial charge in [-0.2, -0.15) is 0 Å². The van der Waals surface area contributed by atoms with Crippen molar-refractivity contribution >= 4 is 103 Å². The zero-order chi connectivity index (χ0) is 34.2. The molecule has 244 valence electrons. The fraction of sp³-hybridized carbons (Fsp3) is 0. The van der Waals surface area contributed by atoms with Gasteiger partial charge in [0.1, 0.15) is 16.2 Å². The van der Waals surface area contributed by atoms with E-state index in [2.05, 4.69) is 163 Å². The summed E-state index contributed by atoms with van der Waals surface area (Å²) in [5.74, 6) is 0. The molecule has 3 nitrogen and oxygen atoms in total. The van der Waals surface area contributed by atoms with Gasteiger partial charge in [-0.1, -0.05) is 109 Å². The van der Waals surface area contributed by atoms with Crippen molar-refractivity contribution < 1.29 is 4.42 Å². The minimum atomic E-state index is 0.874. The monoisotopic (exact) mass is 700 g/mol. The van der Waals surface area contributed by atoms with Gasteiger partial charge < -0.3 is 9.32 Å². The number of furan rings is 1. The molecule has 0 saturated heterocycles. The molecule has 0 fully saturated rings. The molecule has 11 aromatic rings. The standard InChI is InChI=1S/C47H28N2OS2/c1-2-10-31(11-3-1)47-48-46-43(52-47)26-25-42-45(46)39-24-22-34(28-44(39)51-42)49(33-21-23-38-37-14-6-7-16-40(37)50-41(38)27-33)32-19-17-30(18-20-32)36-15-8-12-29-9-4-5-13-35(29)36/h1-28H. The molecule has 0 amide bonds. The Morgan fingerprint density at radius 2 is 1.13 bits per heavy atom. The van der Waals surface area contributed by atoms with Crippen LogP contribution in [0.2, 0.25) is 0 Å². The molecule has 0 aliphatic rings. The van der Waals surface area contributed by atoms with Crippen molar-refractivity contribution in [1.82, 2.24) is 4.98 Å². The van der Waals surface area contributed by atoms with Crippen molar-refractivity contribution in [2.24, 2.45) is 0 Å². The number of fused-ring (bicyclic) bond motifs is 9. The molecule has 0 bridgehead atoms. The Labute approximate surface area is 307 Å². The molecule has 8 aromatic carbocycles. The average molecular weight is 701 g/mol. The third kappa shape index (κ3) is 4.67. The first kappa shape index (κ1) is 29.5. The van der Waals surface area contributed by atoms with Crippen LogP contribution < -0.4 is 4.90 Å². The van der Waals surface area contributed by atoms with E-state index in [9.17, 15) is 0 Å². The topological polar surface area (TPSA) is 29.3 Å². The molecule has 0 saturated carbocycles. The van der Waals surface area contributed by atoms with Crippen molar-refractivity contribution in [2.45, 2.75) is 0 Å². The molecule has 3 aromatic heterocycles. The molecule has 5 heteroatoms. The SMILES string of the molecule is c1ccc(-c2nc3c(ccc4sc5cc(N(c6ccc(-c7cccc8ccccc78)cc6)c6ccc7c(c6)oc6ccccc67)ccc5c43)s2)cc1. The summed E-state index contributed by atoms with van der Waals surface area (Å²) >= 11 is 3.59. The highest BCUT2D eigenvalue weighted by molar-refractivity contribution is 7.26. The first-order valence-corrected chi connectivity index (χ1v) is 19.0. The summed E-state index contributed by atoms with van der Waals surface area (Å²) < 4.78 is 10.1. The smallest absolute Gasteiger partial charge is 0.137 e. The summed E-state index contributed by atoms with van der Waals surface area (Å²) in [6, 6.07) is 60.7. The van der Waals surface area contributed by atoms with Crippen LogP contribution in [0.5, 0.6) is 0 Å². The summed E-state index contributed by atoms with van der Waals surface area (Å²) in [5, 5.41) is 8.27. The second kappa shape index (κ2) is 11.6. The maximum atomic E-state index is 6.39. The predicted octanol–water partition coefficient (Wildman–Crippen LogP) is 14.5. The second-order valence-electron chi connectivity index (χ2n) is 13.1. The van der Waals surface area contributed by atoms with E-state index >= 15 is 0 Å². The number of hydrogen-bond donors (Lipinski definition) is 0. The van der Waals surface area contributed by atoms with Crippen molar-refractivity contribution in [3.8, 4) is 21.7 Å². The molecule has 11 rings (SSSR count). The molecule has 0 spiro atoms. The van der Waals surface area contributed by atoms with Gasteiger partial charge in [-0.05, 0) is 76.5 Å². The van der Waals surface area contributed by atoms with Gasteiger partial charge in [0.05, 0.1) is 10.2 Å². The average Bonchev–Trinajstić information content (AvgIpc) is 3.91. The highest BCUT2D eigenvalue weighted by atomic mass is 32.1. The summed E-state index contributed by atoms with van der Waals surface area (Å²) in [4.78, 5) is 7.53. The fourth-order valence-electron chi connectivity index (χ4n) is 7.65. The van der Waals surface area contributed by atoms with E-state index in [1.165, 1.54) is 46.8 Å². The molecule has 0 unspecified atom stereocenters. The van der Waals surface area contributed by atoms with Crippen LogP contribution in [0.15, 0.2) is 174 Å². The van der Waals surface area contributed by atoms with Crippen LogP contribution in [-0.2, 0) is 0 Å². The summed E-state index contributed by atoms with van der Waals surface area (Å²) in [5.41, 5.74) is 9.64. The van der Waals surface area contributed by atoms with E-state index in [0.717, 1.165) is 55.1 Å². The minimum absolute atomic E-state index is 0.874. The van der Waals surface area contributed by atoms with Gasteiger partial charge in [0.25, 0.3) is 0 Å². The predicted molar refractivity (Wildman–Crippen MR) is 223 cm³/mol. The normalized spacial score (nSPS) is 11.8. The molecule has 0 aliphatic carbocycles. The lowest BCUT2D eigenvalue weighted by molar-refractivity contribution is 0.669.